The zero-order valence-corrected chi connectivity index (χ0v) is 11.7. The van der Waals surface area contributed by atoms with Crippen molar-refractivity contribution in [1.82, 2.24) is 0 Å². The second kappa shape index (κ2) is 6.35. The Morgan fingerprint density at radius 3 is 2.25 bits per heavy atom. The second-order valence-electron chi connectivity index (χ2n) is 4.36. The Bertz CT molecular complexity index is 625. The van der Waals surface area contributed by atoms with E-state index in [9.17, 15) is 9.59 Å². The highest BCUT2D eigenvalue weighted by Crippen LogP contribution is 2.23. The number of rotatable bonds is 4. The van der Waals surface area contributed by atoms with Crippen LogP contribution in [-0.2, 0) is 4.79 Å². The first-order valence-corrected chi connectivity index (χ1v) is 6.63. The highest BCUT2D eigenvalue weighted by molar-refractivity contribution is 6.32. The zero-order valence-electron chi connectivity index (χ0n) is 11.0. The molecule has 0 spiro atoms. The van der Waals surface area contributed by atoms with E-state index in [0.29, 0.717) is 16.8 Å². The van der Waals surface area contributed by atoms with E-state index in [1.807, 2.05) is 18.2 Å². The normalized spacial score (nSPS) is 11.7. The number of hydrogen-bond donors (Lipinski definition) is 1. The van der Waals surface area contributed by atoms with Crippen molar-refractivity contribution >= 4 is 29.0 Å². The minimum absolute atomic E-state index is 0.105. The van der Waals surface area contributed by atoms with E-state index < -0.39 is 5.38 Å². The Hall–Kier alpha value is -2.13. The summed E-state index contributed by atoms with van der Waals surface area (Å²) in [6.45, 7) is 1.46. The lowest BCUT2D eigenvalue weighted by atomic mass is 10.1. The van der Waals surface area contributed by atoms with Gasteiger partial charge in [0.05, 0.1) is 5.69 Å². The van der Waals surface area contributed by atoms with E-state index in [1.165, 1.54) is 6.92 Å². The Kier molecular flexibility index (Phi) is 4.53. The first-order chi connectivity index (χ1) is 9.59. The van der Waals surface area contributed by atoms with Crippen LogP contribution in [-0.4, -0.2) is 11.7 Å². The molecule has 102 valence electrons. The SMILES string of the molecule is CC(=O)c1ccccc1NC(=O)[C@@H](Cl)c1ccccc1. The van der Waals surface area contributed by atoms with Gasteiger partial charge in [-0.05, 0) is 24.6 Å². The molecule has 0 radical (unpaired) electrons. The number of carbonyl (C=O) groups excluding carboxylic acids is 2. The van der Waals surface area contributed by atoms with Gasteiger partial charge in [-0.3, -0.25) is 9.59 Å². The van der Waals surface area contributed by atoms with Gasteiger partial charge in [-0.25, -0.2) is 0 Å². The van der Waals surface area contributed by atoms with Gasteiger partial charge in [0.1, 0.15) is 5.38 Å². The Labute approximate surface area is 122 Å². The molecule has 0 aromatic heterocycles. The van der Waals surface area contributed by atoms with Crippen molar-refractivity contribution in [3.63, 3.8) is 0 Å². The number of alkyl halides is 1. The molecular formula is C16H14ClNO2. The largest absolute Gasteiger partial charge is 0.324 e. The lowest BCUT2D eigenvalue weighted by molar-refractivity contribution is -0.116. The van der Waals surface area contributed by atoms with E-state index >= 15 is 0 Å². The maximum atomic E-state index is 12.1. The number of ketones is 1. The lowest BCUT2D eigenvalue weighted by Gasteiger charge is -2.12. The molecule has 1 atom stereocenters. The molecule has 2 aromatic rings. The van der Waals surface area contributed by atoms with Gasteiger partial charge in [0.15, 0.2) is 5.78 Å². The molecular weight excluding hydrogens is 274 g/mol. The standard InChI is InChI=1S/C16H14ClNO2/c1-11(19)13-9-5-6-10-14(13)18-16(20)15(17)12-7-3-2-4-8-12/h2-10,15H,1H3,(H,18,20)/t15-/m0/s1. The van der Waals surface area contributed by atoms with Crippen LogP contribution in [0, 0.1) is 0 Å². The third kappa shape index (κ3) is 3.25. The minimum atomic E-state index is -0.795. The number of para-hydroxylation sites is 1. The Balaban J connectivity index is 2.18. The third-order valence-electron chi connectivity index (χ3n) is 2.89. The summed E-state index contributed by atoms with van der Waals surface area (Å²) in [6, 6.07) is 15.9. The van der Waals surface area contributed by atoms with Gasteiger partial charge in [-0.15, -0.1) is 11.6 Å². The van der Waals surface area contributed by atoms with Gasteiger partial charge >= 0.3 is 0 Å². The molecule has 1 amide bonds. The second-order valence-corrected chi connectivity index (χ2v) is 4.80. The van der Waals surface area contributed by atoms with Crippen molar-refractivity contribution in [2.75, 3.05) is 5.32 Å². The molecule has 0 aliphatic carbocycles. The van der Waals surface area contributed by atoms with Crippen LogP contribution in [0.4, 0.5) is 5.69 Å². The van der Waals surface area contributed by atoms with Crippen LogP contribution in [0.5, 0.6) is 0 Å². The number of amides is 1. The van der Waals surface area contributed by atoms with Crippen LogP contribution < -0.4 is 5.32 Å². The molecule has 0 unspecified atom stereocenters. The van der Waals surface area contributed by atoms with Crippen molar-refractivity contribution in [2.24, 2.45) is 0 Å². The van der Waals surface area contributed by atoms with Crippen molar-refractivity contribution in [1.29, 1.82) is 0 Å². The summed E-state index contributed by atoms with van der Waals surface area (Å²) in [5.41, 5.74) is 1.66. The number of benzene rings is 2. The first kappa shape index (κ1) is 14.3. The number of anilines is 1. The van der Waals surface area contributed by atoms with Gasteiger partial charge in [0.2, 0.25) is 5.91 Å². The number of halogens is 1. The van der Waals surface area contributed by atoms with Crippen molar-refractivity contribution in [2.45, 2.75) is 12.3 Å². The fraction of sp³-hybridized carbons (Fsp3) is 0.125. The molecule has 3 nitrogen and oxygen atoms in total. The van der Waals surface area contributed by atoms with Crippen LogP contribution in [0.2, 0.25) is 0 Å². The van der Waals surface area contributed by atoms with Gasteiger partial charge in [0.25, 0.3) is 0 Å². The molecule has 0 saturated heterocycles. The summed E-state index contributed by atoms with van der Waals surface area (Å²) in [6.07, 6.45) is 0. The summed E-state index contributed by atoms with van der Waals surface area (Å²) in [5.74, 6) is -0.460. The summed E-state index contributed by atoms with van der Waals surface area (Å²) >= 11 is 6.14. The molecule has 20 heavy (non-hydrogen) atoms. The van der Waals surface area contributed by atoms with Crippen molar-refractivity contribution < 1.29 is 9.59 Å². The molecule has 0 bridgehead atoms. The fourth-order valence-corrected chi connectivity index (χ4v) is 2.07. The number of hydrogen-bond acceptors (Lipinski definition) is 2. The quantitative estimate of drug-likeness (QED) is 0.686. The van der Waals surface area contributed by atoms with E-state index in [-0.39, 0.29) is 11.7 Å². The highest BCUT2D eigenvalue weighted by atomic mass is 35.5. The van der Waals surface area contributed by atoms with Gasteiger partial charge in [-0.2, -0.15) is 0 Å². The highest BCUT2D eigenvalue weighted by Gasteiger charge is 2.19. The zero-order chi connectivity index (χ0) is 14.5. The molecule has 0 fully saturated rings. The van der Waals surface area contributed by atoms with Gasteiger partial charge in [-0.1, -0.05) is 42.5 Å². The van der Waals surface area contributed by atoms with E-state index in [2.05, 4.69) is 5.32 Å². The van der Waals surface area contributed by atoms with E-state index in [1.54, 1.807) is 36.4 Å². The predicted octanol–water partition coefficient (Wildman–Crippen LogP) is 3.81. The summed E-state index contributed by atoms with van der Waals surface area (Å²) in [7, 11) is 0. The topological polar surface area (TPSA) is 46.2 Å². The molecule has 0 saturated carbocycles. The number of carbonyl (C=O) groups is 2. The molecule has 0 aliphatic heterocycles. The maximum Gasteiger partial charge on any atom is 0.246 e. The molecule has 0 aliphatic rings. The summed E-state index contributed by atoms with van der Waals surface area (Å²) in [5, 5.41) is 1.90. The Morgan fingerprint density at radius 2 is 1.60 bits per heavy atom. The average Bonchev–Trinajstić information content (AvgIpc) is 2.47. The summed E-state index contributed by atoms with van der Waals surface area (Å²) < 4.78 is 0. The van der Waals surface area contributed by atoms with E-state index in [4.69, 9.17) is 11.6 Å². The van der Waals surface area contributed by atoms with Gasteiger partial charge < -0.3 is 5.32 Å². The van der Waals surface area contributed by atoms with Crippen LogP contribution in [0.25, 0.3) is 0 Å². The van der Waals surface area contributed by atoms with Crippen molar-refractivity contribution in [3.05, 3.63) is 65.7 Å². The smallest absolute Gasteiger partial charge is 0.246 e. The minimum Gasteiger partial charge on any atom is -0.324 e. The van der Waals surface area contributed by atoms with E-state index in [0.717, 1.165) is 0 Å². The van der Waals surface area contributed by atoms with Gasteiger partial charge in [0, 0.05) is 5.56 Å². The predicted molar refractivity (Wildman–Crippen MR) is 80.1 cm³/mol. The van der Waals surface area contributed by atoms with Crippen LogP contribution in [0.15, 0.2) is 54.6 Å². The van der Waals surface area contributed by atoms with Crippen LogP contribution >= 0.6 is 11.6 Å². The Morgan fingerprint density at radius 1 is 1.00 bits per heavy atom. The monoisotopic (exact) mass is 287 g/mol. The molecule has 1 N–H and O–H groups in total. The molecule has 2 aromatic carbocycles. The lowest BCUT2D eigenvalue weighted by Crippen LogP contribution is -2.18. The summed E-state index contributed by atoms with van der Waals surface area (Å²) in [4.78, 5) is 23.6. The third-order valence-corrected chi connectivity index (χ3v) is 3.34. The molecule has 2 rings (SSSR count). The molecule has 0 heterocycles. The van der Waals surface area contributed by atoms with Crippen molar-refractivity contribution in [3.8, 4) is 0 Å². The van der Waals surface area contributed by atoms with Crippen LogP contribution in [0.1, 0.15) is 28.2 Å². The maximum absolute atomic E-state index is 12.1. The number of Topliss-reactive ketones (excluding diaryl/α,β-unsaturated/α-hetero) is 1. The fourth-order valence-electron chi connectivity index (χ4n) is 1.87. The average molecular weight is 288 g/mol. The van der Waals surface area contributed by atoms with Crippen LogP contribution in [0.3, 0.4) is 0 Å². The number of nitrogens with one attached hydrogen (secondary N) is 1. The molecule has 4 heteroatoms. The first-order valence-electron chi connectivity index (χ1n) is 6.19.